The molecule has 0 saturated carbocycles. The Hall–Kier alpha value is -2.14. The average Bonchev–Trinajstić information content (AvgIpc) is 3.10. The number of carboxylic acids is 1. The zero-order chi connectivity index (χ0) is 15.5. The Bertz CT molecular complexity index is 685. The first-order valence-corrected chi connectivity index (χ1v) is 7.41. The number of nitrogens with zero attached hydrogens (tertiary/aromatic N) is 1. The van der Waals surface area contributed by atoms with E-state index in [0.717, 1.165) is 5.56 Å². The lowest BCUT2D eigenvalue weighted by atomic mass is 9.66. The van der Waals surface area contributed by atoms with Gasteiger partial charge in [-0.2, -0.15) is 0 Å². The summed E-state index contributed by atoms with van der Waals surface area (Å²) in [7, 11) is 0. The van der Waals surface area contributed by atoms with Gasteiger partial charge in [0, 0.05) is 6.54 Å². The van der Waals surface area contributed by atoms with E-state index >= 15 is 0 Å². The molecule has 3 aliphatic heterocycles. The minimum absolute atomic E-state index is 0.124. The van der Waals surface area contributed by atoms with E-state index in [2.05, 4.69) is 0 Å². The van der Waals surface area contributed by atoms with Gasteiger partial charge in [-0.3, -0.25) is 9.59 Å². The van der Waals surface area contributed by atoms with E-state index in [4.69, 9.17) is 4.74 Å². The Kier molecular flexibility index (Phi) is 2.58. The molecule has 0 radical (unpaired) electrons. The molecule has 3 aliphatic rings. The average molecular weight is 299 g/mol. The van der Waals surface area contributed by atoms with E-state index in [-0.39, 0.29) is 5.91 Å². The number of aliphatic carboxylic acids is 1. The maximum atomic E-state index is 12.8. The van der Waals surface area contributed by atoms with Crippen molar-refractivity contribution >= 4 is 11.9 Å². The SMILES string of the molecule is C[C@@]1(C(=O)O)[C@@H]2C=C[C@]3(CN(Cc4ccccc4)C(=O)[C@H]13)O2. The zero-order valence-electron chi connectivity index (χ0n) is 12.2. The molecule has 2 fully saturated rings. The largest absolute Gasteiger partial charge is 0.481 e. The molecule has 1 aromatic rings. The molecule has 0 aliphatic carbocycles. The normalized spacial score (nSPS) is 38.6. The first-order valence-electron chi connectivity index (χ1n) is 7.41. The summed E-state index contributed by atoms with van der Waals surface area (Å²) in [6.45, 7) is 2.52. The predicted molar refractivity (Wildman–Crippen MR) is 77.8 cm³/mol. The molecule has 1 aromatic carbocycles. The smallest absolute Gasteiger partial charge is 0.313 e. The van der Waals surface area contributed by atoms with Crippen molar-refractivity contribution in [2.75, 3.05) is 6.54 Å². The summed E-state index contributed by atoms with van der Waals surface area (Å²) >= 11 is 0. The standard InChI is InChI=1S/C17H17NO4/c1-16(15(20)21)12-7-8-17(22-12)10-18(14(19)13(16)17)9-11-5-3-2-4-6-11/h2-8,12-13H,9-10H2,1H3,(H,20,21)/t12-,13+,16+,17+/m0/s1. The van der Waals surface area contributed by atoms with E-state index < -0.39 is 29.0 Å². The van der Waals surface area contributed by atoms with Crippen LogP contribution in [0, 0.1) is 11.3 Å². The van der Waals surface area contributed by atoms with Crippen LogP contribution in [0.3, 0.4) is 0 Å². The molecule has 3 heterocycles. The molecule has 2 bridgehead atoms. The summed E-state index contributed by atoms with van der Waals surface area (Å²) in [6.07, 6.45) is 3.16. The van der Waals surface area contributed by atoms with Crippen LogP contribution in [0.5, 0.6) is 0 Å². The van der Waals surface area contributed by atoms with Crippen molar-refractivity contribution in [2.24, 2.45) is 11.3 Å². The molecule has 2 saturated heterocycles. The highest BCUT2D eigenvalue weighted by Gasteiger charge is 2.72. The summed E-state index contributed by atoms with van der Waals surface area (Å²) in [5.41, 5.74) is -0.927. The lowest BCUT2D eigenvalue weighted by molar-refractivity contribution is -0.156. The van der Waals surface area contributed by atoms with Crippen molar-refractivity contribution in [3.05, 3.63) is 48.0 Å². The zero-order valence-corrected chi connectivity index (χ0v) is 12.2. The Balaban J connectivity index is 1.68. The number of likely N-dealkylation sites (tertiary alicyclic amines) is 1. The van der Waals surface area contributed by atoms with Crippen molar-refractivity contribution in [2.45, 2.75) is 25.2 Å². The van der Waals surface area contributed by atoms with Crippen molar-refractivity contribution in [1.29, 1.82) is 0 Å². The number of carboxylic acid groups (broad SMARTS) is 1. The molecule has 4 atom stereocenters. The summed E-state index contributed by atoms with van der Waals surface area (Å²) in [6, 6.07) is 9.71. The third-order valence-electron chi connectivity index (χ3n) is 5.25. The van der Waals surface area contributed by atoms with E-state index in [1.807, 2.05) is 36.4 Å². The van der Waals surface area contributed by atoms with Crippen LogP contribution < -0.4 is 0 Å². The van der Waals surface area contributed by atoms with Crippen LogP contribution >= 0.6 is 0 Å². The lowest BCUT2D eigenvalue weighted by Crippen LogP contribution is -2.47. The number of hydrogen-bond acceptors (Lipinski definition) is 3. The van der Waals surface area contributed by atoms with Gasteiger partial charge in [0.25, 0.3) is 0 Å². The number of carbonyl (C=O) groups is 2. The van der Waals surface area contributed by atoms with Gasteiger partial charge in [0.1, 0.15) is 11.0 Å². The number of amides is 1. The summed E-state index contributed by atoms with van der Waals surface area (Å²) < 4.78 is 5.94. The number of carbonyl (C=O) groups excluding carboxylic acids is 1. The van der Waals surface area contributed by atoms with Gasteiger partial charge in [-0.05, 0) is 12.5 Å². The molecule has 5 nitrogen and oxygen atoms in total. The monoisotopic (exact) mass is 299 g/mol. The molecular formula is C17H17NO4. The minimum atomic E-state index is -1.18. The molecule has 1 amide bonds. The summed E-state index contributed by atoms with van der Waals surface area (Å²) in [4.78, 5) is 26.3. The number of hydrogen-bond donors (Lipinski definition) is 1. The van der Waals surface area contributed by atoms with Crippen molar-refractivity contribution in [1.82, 2.24) is 4.90 Å². The summed E-state index contributed by atoms with van der Waals surface area (Å²) in [5, 5.41) is 9.65. The van der Waals surface area contributed by atoms with Crippen LogP contribution in [0.25, 0.3) is 0 Å². The highest BCUT2D eigenvalue weighted by molar-refractivity contribution is 5.93. The molecule has 0 unspecified atom stereocenters. The van der Waals surface area contributed by atoms with E-state index in [9.17, 15) is 14.7 Å². The Labute approximate surface area is 128 Å². The van der Waals surface area contributed by atoms with Crippen LogP contribution in [0.15, 0.2) is 42.5 Å². The van der Waals surface area contributed by atoms with Gasteiger partial charge < -0.3 is 14.7 Å². The number of ether oxygens (including phenoxy) is 1. The fraction of sp³-hybridized carbons (Fsp3) is 0.412. The lowest BCUT2D eigenvalue weighted by Gasteiger charge is -2.30. The van der Waals surface area contributed by atoms with E-state index in [1.165, 1.54) is 0 Å². The number of rotatable bonds is 3. The Morgan fingerprint density at radius 3 is 2.82 bits per heavy atom. The van der Waals surface area contributed by atoms with Crippen molar-refractivity contribution in [3.8, 4) is 0 Å². The van der Waals surface area contributed by atoms with Gasteiger partial charge in [0.15, 0.2) is 0 Å². The van der Waals surface area contributed by atoms with Gasteiger partial charge in [0.2, 0.25) is 5.91 Å². The second-order valence-electron chi connectivity index (χ2n) is 6.55. The summed E-state index contributed by atoms with van der Waals surface area (Å²) in [5.74, 6) is -1.74. The van der Waals surface area contributed by atoms with Crippen LogP contribution in [-0.2, 0) is 20.9 Å². The fourth-order valence-electron chi connectivity index (χ4n) is 4.11. The molecule has 114 valence electrons. The van der Waals surface area contributed by atoms with Crippen LogP contribution in [-0.4, -0.2) is 40.1 Å². The second kappa shape index (κ2) is 4.20. The van der Waals surface area contributed by atoms with E-state index in [0.29, 0.717) is 13.1 Å². The quantitative estimate of drug-likeness (QED) is 0.858. The maximum absolute atomic E-state index is 12.8. The molecule has 1 N–H and O–H groups in total. The molecule has 1 spiro atoms. The first kappa shape index (κ1) is 13.5. The second-order valence-corrected chi connectivity index (χ2v) is 6.55. The molecule has 4 rings (SSSR count). The molecular weight excluding hydrogens is 282 g/mol. The van der Waals surface area contributed by atoms with Crippen LogP contribution in [0.2, 0.25) is 0 Å². The van der Waals surface area contributed by atoms with Crippen molar-refractivity contribution in [3.63, 3.8) is 0 Å². The van der Waals surface area contributed by atoms with Crippen LogP contribution in [0.4, 0.5) is 0 Å². The predicted octanol–water partition coefficient (Wildman–Crippen LogP) is 1.44. The molecule has 22 heavy (non-hydrogen) atoms. The topological polar surface area (TPSA) is 66.8 Å². The Morgan fingerprint density at radius 1 is 1.41 bits per heavy atom. The van der Waals surface area contributed by atoms with Crippen molar-refractivity contribution < 1.29 is 19.4 Å². The highest BCUT2D eigenvalue weighted by atomic mass is 16.5. The Morgan fingerprint density at radius 2 is 2.14 bits per heavy atom. The third-order valence-corrected chi connectivity index (χ3v) is 5.25. The van der Waals surface area contributed by atoms with Gasteiger partial charge in [0.05, 0.1) is 18.6 Å². The minimum Gasteiger partial charge on any atom is -0.481 e. The number of fused-ring (bicyclic) bond motifs is 1. The first-order chi connectivity index (χ1) is 10.5. The van der Waals surface area contributed by atoms with Gasteiger partial charge in [-0.25, -0.2) is 0 Å². The third kappa shape index (κ3) is 1.52. The number of benzene rings is 1. The molecule has 5 heteroatoms. The maximum Gasteiger partial charge on any atom is 0.313 e. The van der Waals surface area contributed by atoms with Gasteiger partial charge in [-0.1, -0.05) is 42.5 Å². The van der Waals surface area contributed by atoms with Gasteiger partial charge >= 0.3 is 5.97 Å². The van der Waals surface area contributed by atoms with E-state index in [1.54, 1.807) is 17.9 Å². The fourth-order valence-corrected chi connectivity index (χ4v) is 4.11. The van der Waals surface area contributed by atoms with Crippen LogP contribution in [0.1, 0.15) is 12.5 Å². The highest BCUT2D eigenvalue weighted by Crippen LogP contribution is 2.58. The van der Waals surface area contributed by atoms with Gasteiger partial charge in [-0.15, -0.1) is 0 Å². The molecule has 0 aromatic heterocycles.